The van der Waals surface area contributed by atoms with Gasteiger partial charge in [0.15, 0.2) is 15.9 Å². The van der Waals surface area contributed by atoms with Gasteiger partial charge in [0, 0.05) is 18.5 Å². The van der Waals surface area contributed by atoms with Crippen LogP contribution in [-0.4, -0.2) is 60.6 Å². The topological polar surface area (TPSA) is 122 Å². The summed E-state index contributed by atoms with van der Waals surface area (Å²) in [4.78, 5) is 37.0. The summed E-state index contributed by atoms with van der Waals surface area (Å²) in [5, 5.41) is 7.85. The van der Waals surface area contributed by atoms with Crippen LogP contribution in [-0.2, 0) is 29.0 Å². The molecule has 9 nitrogen and oxygen atoms in total. The fourth-order valence-electron chi connectivity index (χ4n) is 3.45. The Hall–Kier alpha value is -2.75. The molecule has 10 heteroatoms. The van der Waals surface area contributed by atoms with E-state index in [9.17, 15) is 22.8 Å². The minimum Gasteiger partial charge on any atom is -0.448 e. The van der Waals surface area contributed by atoms with Crippen LogP contribution in [0.3, 0.4) is 0 Å². The van der Waals surface area contributed by atoms with Crippen LogP contribution in [0, 0.1) is 0 Å². The van der Waals surface area contributed by atoms with Crippen LogP contribution in [0.25, 0.3) is 0 Å². The number of anilines is 1. The van der Waals surface area contributed by atoms with E-state index < -0.39 is 33.9 Å². The van der Waals surface area contributed by atoms with Crippen LogP contribution in [0.5, 0.6) is 0 Å². The number of benzene rings is 1. The molecule has 2 aliphatic rings. The summed E-state index contributed by atoms with van der Waals surface area (Å²) in [5.41, 5.74) is 1.73. The highest BCUT2D eigenvalue weighted by atomic mass is 32.2. The number of ether oxygens (including phenoxy) is 1. The van der Waals surface area contributed by atoms with E-state index in [0.717, 1.165) is 10.6 Å². The zero-order valence-electron chi connectivity index (χ0n) is 17.8. The molecule has 2 atom stereocenters. The van der Waals surface area contributed by atoms with Gasteiger partial charge in [-0.05, 0) is 37.0 Å². The van der Waals surface area contributed by atoms with Gasteiger partial charge in [0.25, 0.3) is 5.91 Å². The Balaban J connectivity index is 1.61. The molecule has 0 saturated carbocycles. The highest BCUT2D eigenvalue weighted by molar-refractivity contribution is 7.91. The quantitative estimate of drug-likeness (QED) is 0.662. The number of carbonyl (C=O) groups is 3. The van der Waals surface area contributed by atoms with Crippen molar-refractivity contribution in [3.05, 3.63) is 29.8 Å². The van der Waals surface area contributed by atoms with Crippen molar-refractivity contribution in [3.63, 3.8) is 0 Å². The molecule has 2 aliphatic heterocycles. The lowest BCUT2D eigenvalue weighted by Crippen LogP contribution is -2.42. The second kappa shape index (κ2) is 9.17. The molecule has 0 aromatic heterocycles. The van der Waals surface area contributed by atoms with Crippen molar-refractivity contribution in [3.8, 4) is 0 Å². The fraction of sp³-hybridized carbons (Fsp3) is 0.524. The Labute approximate surface area is 181 Å². The van der Waals surface area contributed by atoms with E-state index in [1.807, 2.05) is 12.1 Å². The maximum atomic E-state index is 12.5. The number of nitrogens with one attached hydrogen (secondary N) is 1. The second-order valence-corrected chi connectivity index (χ2v) is 10.4. The van der Waals surface area contributed by atoms with Crippen LogP contribution >= 0.6 is 0 Å². The molecule has 31 heavy (non-hydrogen) atoms. The number of amides is 2. The molecule has 1 N–H and O–H groups in total. The lowest BCUT2D eigenvalue weighted by molar-refractivity contribution is -0.147. The molecule has 1 saturated heterocycles. The first-order valence-corrected chi connectivity index (χ1v) is 12.1. The lowest BCUT2D eigenvalue weighted by atomic mass is 10.0. The highest BCUT2D eigenvalue weighted by Crippen LogP contribution is 2.23. The lowest BCUT2D eigenvalue weighted by Gasteiger charge is -2.27. The number of hydrazone groups is 1. The highest BCUT2D eigenvalue weighted by Gasteiger charge is 2.37. The molecule has 1 aromatic carbocycles. The third kappa shape index (κ3) is 5.69. The molecular weight excluding hydrogens is 422 g/mol. The van der Waals surface area contributed by atoms with E-state index >= 15 is 0 Å². The largest absolute Gasteiger partial charge is 0.448 e. The van der Waals surface area contributed by atoms with Crippen LogP contribution < -0.4 is 5.32 Å². The number of hydrogen-bond donors (Lipinski definition) is 1. The van der Waals surface area contributed by atoms with E-state index in [1.54, 1.807) is 12.1 Å². The molecule has 168 valence electrons. The molecule has 3 rings (SSSR count). The van der Waals surface area contributed by atoms with Gasteiger partial charge < -0.3 is 10.1 Å². The summed E-state index contributed by atoms with van der Waals surface area (Å²) in [5.74, 6) is -1.41. The van der Waals surface area contributed by atoms with E-state index in [4.69, 9.17) is 4.74 Å². The monoisotopic (exact) mass is 449 g/mol. The summed E-state index contributed by atoms with van der Waals surface area (Å²) in [7, 11) is -3.21. The summed E-state index contributed by atoms with van der Waals surface area (Å²) < 4.78 is 28.6. The average Bonchev–Trinajstić information content (AvgIpc) is 3.08. The number of nitrogens with zero attached hydrogens (tertiary/aromatic N) is 2. The van der Waals surface area contributed by atoms with Crippen molar-refractivity contribution >= 4 is 39.0 Å². The molecule has 0 aliphatic carbocycles. The molecular formula is C21H27N3O6S. The Kier molecular flexibility index (Phi) is 6.78. The summed E-state index contributed by atoms with van der Waals surface area (Å²) in [6.45, 7) is 5.60. The van der Waals surface area contributed by atoms with Gasteiger partial charge in [0.2, 0.25) is 5.91 Å². The molecule has 0 radical (unpaired) electrons. The molecule has 1 aromatic rings. The zero-order valence-corrected chi connectivity index (χ0v) is 18.6. The normalized spacial score (nSPS) is 21.5. The van der Waals surface area contributed by atoms with Gasteiger partial charge in [-0.3, -0.25) is 9.59 Å². The minimum absolute atomic E-state index is 0.00448. The van der Waals surface area contributed by atoms with E-state index in [0.29, 0.717) is 11.6 Å². The van der Waals surface area contributed by atoms with E-state index in [1.165, 1.54) is 6.92 Å². The van der Waals surface area contributed by atoms with Crippen molar-refractivity contribution < 1.29 is 27.5 Å². The van der Waals surface area contributed by atoms with Gasteiger partial charge in [0.05, 0.1) is 17.5 Å². The summed E-state index contributed by atoms with van der Waals surface area (Å²) in [6, 6.07) is 6.83. The standard InChI is InChI=1S/C21H27N3O6S/c1-13(2)15-4-6-16(7-5-15)22-20(26)14(3)30-21(27)18-8-9-19(25)24(23-18)17-10-11-31(28,29)12-17/h4-7,13-14,17H,8-12H2,1-3H3,(H,22,26)/t14-,17-/m1/s1. The molecule has 2 amide bonds. The second-order valence-electron chi connectivity index (χ2n) is 8.16. The third-order valence-corrected chi connectivity index (χ3v) is 7.10. The molecule has 0 spiro atoms. The van der Waals surface area contributed by atoms with E-state index in [2.05, 4.69) is 24.3 Å². The minimum atomic E-state index is -3.21. The number of hydrogen-bond acceptors (Lipinski definition) is 7. The Morgan fingerprint density at radius 3 is 2.42 bits per heavy atom. The Bertz CT molecular complexity index is 1000. The fourth-order valence-corrected chi connectivity index (χ4v) is 5.14. The van der Waals surface area contributed by atoms with Crippen LogP contribution in [0.1, 0.15) is 51.5 Å². The average molecular weight is 450 g/mol. The van der Waals surface area contributed by atoms with Crippen LogP contribution in [0.2, 0.25) is 0 Å². The van der Waals surface area contributed by atoms with Gasteiger partial charge in [0.1, 0.15) is 5.71 Å². The van der Waals surface area contributed by atoms with Crippen molar-refractivity contribution in [1.29, 1.82) is 0 Å². The number of carbonyl (C=O) groups excluding carboxylic acids is 3. The molecule has 1 fully saturated rings. The number of esters is 1. The number of rotatable bonds is 6. The van der Waals surface area contributed by atoms with Gasteiger partial charge in [-0.25, -0.2) is 18.2 Å². The van der Waals surface area contributed by atoms with Crippen molar-refractivity contribution in [2.24, 2.45) is 5.10 Å². The molecule has 0 bridgehead atoms. The van der Waals surface area contributed by atoms with Gasteiger partial charge in [-0.15, -0.1) is 0 Å². The SMILES string of the molecule is CC(C)c1ccc(NC(=O)[C@@H](C)OC(=O)C2=NN([C@@H]3CCS(=O)(=O)C3)C(=O)CC2)cc1. The maximum absolute atomic E-state index is 12.5. The molecule has 2 heterocycles. The van der Waals surface area contributed by atoms with Crippen molar-refractivity contribution in [1.82, 2.24) is 5.01 Å². The zero-order chi connectivity index (χ0) is 22.8. The van der Waals surface area contributed by atoms with Crippen LogP contribution in [0.4, 0.5) is 5.69 Å². The van der Waals surface area contributed by atoms with E-state index in [-0.39, 0.29) is 42.4 Å². The van der Waals surface area contributed by atoms with Gasteiger partial charge >= 0.3 is 5.97 Å². The predicted octanol–water partition coefficient (Wildman–Crippen LogP) is 1.85. The van der Waals surface area contributed by atoms with Gasteiger partial charge in [-0.1, -0.05) is 26.0 Å². The smallest absolute Gasteiger partial charge is 0.355 e. The summed E-state index contributed by atoms with van der Waals surface area (Å²) >= 11 is 0. The summed E-state index contributed by atoms with van der Waals surface area (Å²) in [6.07, 6.45) is -0.668. The predicted molar refractivity (Wildman–Crippen MR) is 115 cm³/mol. The van der Waals surface area contributed by atoms with Crippen molar-refractivity contribution in [2.45, 2.75) is 58.1 Å². The Morgan fingerprint density at radius 2 is 1.84 bits per heavy atom. The first kappa shape index (κ1) is 22.9. The third-order valence-electron chi connectivity index (χ3n) is 5.35. The first-order chi connectivity index (χ1) is 14.6. The van der Waals surface area contributed by atoms with Crippen LogP contribution in [0.15, 0.2) is 29.4 Å². The first-order valence-electron chi connectivity index (χ1n) is 10.3. The van der Waals surface area contributed by atoms with Crippen molar-refractivity contribution in [2.75, 3.05) is 16.8 Å². The maximum Gasteiger partial charge on any atom is 0.355 e. The Morgan fingerprint density at radius 1 is 1.16 bits per heavy atom. The molecule has 0 unspecified atom stereocenters. The number of sulfone groups is 1. The van der Waals surface area contributed by atoms with Gasteiger partial charge in [-0.2, -0.15) is 5.10 Å².